The molecule has 0 aromatic rings. The maximum atomic E-state index is 10.7. The van der Waals surface area contributed by atoms with E-state index in [9.17, 15) is 4.79 Å². The topological polar surface area (TPSA) is 17.1 Å². The van der Waals surface area contributed by atoms with Gasteiger partial charge in [-0.25, -0.2) is 0 Å². The third-order valence-electron chi connectivity index (χ3n) is 0.543. The summed E-state index contributed by atoms with van der Waals surface area (Å²) in [6.45, 7) is 0. The molecule has 4 unspecified atom stereocenters. The van der Waals surface area contributed by atoms with Crippen molar-refractivity contribution < 1.29 is 4.79 Å². The van der Waals surface area contributed by atoms with E-state index in [0.29, 0.717) is 13.7 Å². The van der Waals surface area contributed by atoms with E-state index >= 15 is 0 Å². The first-order valence-electron chi connectivity index (χ1n) is 1.87. The van der Waals surface area contributed by atoms with Gasteiger partial charge in [0.15, 0.2) is 5.52 Å². The predicted octanol–water partition coefficient (Wildman–Crippen LogP) is 2.10. The molecule has 6 heteroatoms. The molecule has 1 nitrogen and oxygen atoms in total. The molecule has 0 amide bonds. The molecule has 0 spiro atoms. The van der Waals surface area contributed by atoms with Gasteiger partial charge in [-0.15, -0.1) is 8.93 Å². The number of carbonyl (C=O) groups is 1. The van der Waals surface area contributed by atoms with Gasteiger partial charge in [0, 0.05) is 7.30 Å². The van der Waals surface area contributed by atoms with Crippen LogP contribution < -0.4 is 0 Å². The zero-order valence-corrected chi connectivity index (χ0v) is 9.26. The molecule has 0 rings (SSSR count). The number of hydrogen-bond acceptors (Lipinski definition) is 2. The molecule has 0 saturated carbocycles. The second kappa shape index (κ2) is 5.52. The Morgan fingerprint density at radius 3 is 2.50 bits per heavy atom. The van der Waals surface area contributed by atoms with E-state index in [1.54, 1.807) is 0 Å². The molecule has 4 atom stereocenters. The molecule has 0 N–H and O–H groups in total. The van der Waals surface area contributed by atoms with Crippen LogP contribution in [0.2, 0.25) is 0 Å². The van der Waals surface area contributed by atoms with Gasteiger partial charge in [0.1, 0.15) is 0 Å². The molecular weight excluding hydrogens is 196 g/mol. The van der Waals surface area contributed by atoms with E-state index in [2.05, 4.69) is 30.5 Å². The van der Waals surface area contributed by atoms with Crippen LogP contribution in [0.25, 0.3) is 0 Å². The minimum atomic E-state index is -0.448. The fourth-order valence-corrected chi connectivity index (χ4v) is 4.00. The molecule has 0 fully saturated rings. The van der Waals surface area contributed by atoms with Crippen LogP contribution in [0.3, 0.4) is 0 Å². The Morgan fingerprint density at radius 2 is 2.38 bits per heavy atom. The molecule has 0 saturated heterocycles. The minimum absolute atomic E-state index is 0.265. The lowest BCUT2D eigenvalue weighted by Crippen LogP contribution is -1.87. The van der Waals surface area contributed by atoms with Crippen LogP contribution in [-0.4, -0.2) is 11.3 Å². The van der Waals surface area contributed by atoms with Gasteiger partial charge >= 0.3 is 0 Å². The predicted molar refractivity (Wildman–Crippen MR) is 53.5 cm³/mol. The fraction of sp³-hybridized carbons (Fsp3) is 0.500. The van der Waals surface area contributed by atoms with Gasteiger partial charge in [0.05, 0.1) is 5.75 Å². The van der Waals surface area contributed by atoms with Gasteiger partial charge in [-0.05, 0) is 0 Å². The minimum Gasteiger partial charge on any atom is -0.293 e. The van der Waals surface area contributed by atoms with Crippen molar-refractivity contribution in [2.75, 3.05) is 5.75 Å². The lowest BCUT2D eigenvalue weighted by Gasteiger charge is -2.02. The maximum Gasteiger partial charge on any atom is 0.172 e. The number of hydrogen-bond donors (Lipinski definition) is 1. The molecule has 0 heterocycles. The molecule has 8 heavy (non-hydrogen) atoms. The van der Waals surface area contributed by atoms with Crippen molar-refractivity contribution in [1.29, 1.82) is 0 Å². The summed E-state index contributed by atoms with van der Waals surface area (Å²) in [4.78, 5) is 10.7. The molecular formula is C2H8OP4S. The summed E-state index contributed by atoms with van der Waals surface area (Å²) in [7, 11) is 5.34. The number of carbonyl (C=O) groups excluding carboxylic acids is 1. The highest BCUT2D eigenvalue weighted by Gasteiger charge is 2.06. The lowest BCUT2D eigenvalue weighted by molar-refractivity contribution is -0.109. The van der Waals surface area contributed by atoms with Gasteiger partial charge in [-0.3, -0.25) is 4.79 Å². The summed E-state index contributed by atoms with van der Waals surface area (Å²) in [5, 5.41) is 0. The average molecular weight is 204 g/mol. The van der Waals surface area contributed by atoms with Crippen LogP contribution in [0, 0.1) is 0 Å². The second-order valence-corrected chi connectivity index (χ2v) is 10.5. The van der Waals surface area contributed by atoms with Crippen LogP contribution in [0.1, 0.15) is 0 Å². The van der Waals surface area contributed by atoms with Crippen molar-refractivity contribution in [3.05, 3.63) is 0 Å². The molecule has 0 bridgehead atoms. The normalized spacial score (nSPS) is 14.9. The Hall–Kier alpha value is 1.74. The summed E-state index contributed by atoms with van der Waals surface area (Å²) >= 11 is 3.86. The van der Waals surface area contributed by atoms with Crippen LogP contribution in [0.15, 0.2) is 0 Å². The quantitative estimate of drug-likeness (QED) is 0.550. The van der Waals surface area contributed by atoms with Crippen LogP contribution >= 0.6 is 45.7 Å². The average Bonchev–Trinajstić information content (AvgIpc) is 1.84. The third kappa shape index (κ3) is 3.71. The zero-order valence-electron chi connectivity index (χ0n) is 4.16. The number of rotatable bonds is 3. The standard InChI is InChI=1S/C2H8OP4S/c3-2(1-8)7(5)6-4/h6,8H,1,4-5H2. The van der Waals surface area contributed by atoms with Crippen molar-refractivity contribution >= 4 is 51.3 Å². The Balaban J connectivity index is 3.46. The number of thiol groups is 1. The lowest BCUT2D eigenvalue weighted by atomic mass is 10.9. The van der Waals surface area contributed by atoms with Crippen LogP contribution in [0.5, 0.6) is 0 Å². The largest absolute Gasteiger partial charge is 0.293 e. The second-order valence-electron chi connectivity index (χ2n) is 1.05. The third-order valence-corrected chi connectivity index (χ3v) is 11.0. The van der Waals surface area contributed by atoms with E-state index in [1.165, 1.54) is 0 Å². The van der Waals surface area contributed by atoms with E-state index < -0.39 is 7.30 Å². The Bertz CT molecular complexity index is 86.1. The highest BCUT2D eigenvalue weighted by Crippen LogP contribution is 2.66. The molecule has 0 aromatic heterocycles. The Morgan fingerprint density at radius 1 is 1.88 bits per heavy atom. The van der Waals surface area contributed by atoms with Gasteiger partial charge < -0.3 is 0 Å². The summed E-state index contributed by atoms with van der Waals surface area (Å²) in [6.07, 6.45) is 0. The summed E-state index contributed by atoms with van der Waals surface area (Å²) in [6, 6.07) is 0. The maximum absolute atomic E-state index is 10.7. The zero-order chi connectivity index (χ0) is 6.57. The first-order chi connectivity index (χ1) is 3.72. The monoisotopic (exact) mass is 204 g/mol. The van der Waals surface area contributed by atoms with E-state index in [1.807, 2.05) is 0 Å². The highest BCUT2D eigenvalue weighted by molar-refractivity contribution is 8.66. The SMILES string of the molecule is O=C(CS)P(P)PP. The van der Waals surface area contributed by atoms with Gasteiger partial charge in [-0.2, -0.15) is 12.6 Å². The van der Waals surface area contributed by atoms with Gasteiger partial charge in [-0.1, -0.05) is 16.9 Å². The van der Waals surface area contributed by atoms with Gasteiger partial charge in [0.25, 0.3) is 0 Å². The van der Waals surface area contributed by atoms with E-state index in [-0.39, 0.29) is 5.52 Å². The molecule has 0 aliphatic heterocycles. The molecule has 0 aliphatic rings. The smallest absolute Gasteiger partial charge is 0.172 e. The van der Waals surface area contributed by atoms with Crippen molar-refractivity contribution in [1.82, 2.24) is 0 Å². The Kier molecular flexibility index (Phi) is 6.72. The summed E-state index contributed by atoms with van der Waals surface area (Å²) < 4.78 is 0. The highest BCUT2D eigenvalue weighted by atomic mass is 32.6. The van der Waals surface area contributed by atoms with Crippen LogP contribution in [0.4, 0.5) is 0 Å². The fourth-order valence-electron chi connectivity index (χ4n) is 0.148. The van der Waals surface area contributed by atoms with Crippen LogP contribution in [-0.2, 0) is 4.79 Å². The molecule has 0 aliphatic carbocycles. The van der Waals surface area contributed by atoms with E-state index in [0.717, 1.165) is 0 Å². The first-order valence-corrected chi connectivity index (χ1v) is 9.11. The van der Waals surface area contributed by atoms with E-state index in [4.69, 9.17) is 0 Å². The van der Waals surface area contributed by atoms with Crippen molar-refractivity contribution in [3.63, 3.8) is 0 Å². The summed E-state index contributed by atoms with van der Waals surface area (Å²) in [5.41, 5.74) is 0.265. The van der Waals surface area contributed by atoms with Crippen molar-refractivity contribution in [2.45, 2.75) is 0 Å². The van der Waals surface area contributed by atoms with Crippen molar-refractivity contribution in [3.8, 4) is 0 Å². The molecule has 48 valence electrons. The Labute approximate surface area is 62.2 Å². The molecule has 0 aromatic carbocycles. The molecule has 0 radical (unpaired) electrons. The first kappa shape index (κ1) is 9.74. The van der Waals surface area contributed by atoms with Crippen molar-refractivity contribution in [2.24, 2.45) is 0 Å². The summed E-state index contributed by atoms with van der Waals surface area (Å²) in [5.74, 6) is 0.386. The van der Waals surface area contributed by atoms with Gasteiger partial charge in [0.2, 0.25) is 0 Å².